The summed E-state index contributed by atoms with van der Waals surface area (Å²) in [6, 6.07) is 3.23. The zero-order valence-electron chi connectivity index (χ0n) is 12.6. The van der Waals surface area contributed by atoms with Gasteiger partial charge >= 0.3 is 11.7 Å². The first-order valence-corrected chi connectivity index (χ1v) is 6.69. The Morgan fingerprint density at radius 1 is 1.39 bits per heavy atom. The third-order valence-electron chi connectivity index (χ3n) is 2.73. The molecule has 1 atom stereocenters. The van der Waals surface area contributed by atoms with Gasteiger partial charge in [0.05, 0.1) is 22.0 Å². The molecule has 0 saturated carbocycles. The summed E-state index contributed by atoms with van der Waals surface area (Å²) in [4.78, 5) is 30.8. The van der Waals surface area contributed by atoms with E-state index in [1.54, 1.807) is 6.92 Å². The molecule has 0 heterocycles. The molecule has 0 aliphatic carbocycles. The van der Waals surface area contributed by atoms with Gasteiger partial charge in [-0.1, -0.05) is 0 Å². The van der Waals surface area contributed by atoms with Crippen LogP contribution in [0.3, 0.4) is 0 Å². The summed E-state index contributed by atoms with van der Waals surface area (Å²) in [5.41, 5.74) is 1.71. The highest BCUT2D eigenvalue weighted by molar-refractivity contribution is 5.67. The third-order valence-corrected chi connectivity index (χ3v) is 2.73. The van der Waals surface area contributed by atoms with Gasteiger partial charge < -0.3 is 4.74 Å². The van der Waals surface area contributed by atoms with Crippen molar-refractivity contribution in [2.45, 2.75) is 32.8 Å². The lowest BCUT2D eigenvalue weighted by atomic mass is 10.2. The largest absolute Gasteiger partial charge is 0.463 e. The van der Waals surface area contributed by atoms with E-state index in [1.165, 1.54) is 19.2 Å². The van der Waals surface area contributed by atoms with Gasteiger partial charge in [0.2, 0.25) is 0 Å². The predicted molar refractivity (Wildman–Crippen MR) is 82.3 cm³/mol. The Labute approximate surface area is 131 Å². The summed E-state index contributed by atoms with van der Waals surface area (Å²) in [6.45, 7) is 3.06. The number of hydrogen-bond acceptors (Lipinski definition) is 8. The van der Waals surface area contributed by atoms with Crippen LogP contribution in [0.1, 0.15) is 26.7 Å². The van der Waals surface area contributed by atoms with Gasteiger partial charge in [-0.05, 0) is 25.8 Å². The molecular formula is C13H16N4O6. The first-order chi connectivity index (χ1) is 10.8. The highest BCUT2D eigenvalue weighted by Crippen LogP contribution is 2.28. The van der Waals surface area contributed by atoms with Crippen molar-refractivity contribution in [1.82, 2.24) is 0 Å². The molecule has 0 spiro atoms. The van der Waals surface area contributed by atoms with Gasteiger partial charge in [0, 0.05) is 19.2 Å². The number of benzene rings is 1. The molecule has 1 N–H and O–H groups in total. The number of nitrogens with zero attached hydrogens (tertiary/aromatic N) is 3. The van der Waals surface area contributed by atoms with Crippen molar-refractivity contribution in [2.75, 3.05) is 5.43 Å². The summed E-state index contributed by atoms with van der Waals surface area (Å²) >= 11 is 0. The Balaban J connectivity index is 2.63. The van der Waals surface area contributed by atoms with E-state index in [0.29, 0.717) is 12.8 Å². The Bertz CT molecular complexity index is 631. The van der Waals surface area contributed by atoms with E-state index < -0.39 is 15.5 Å². The molecule has 1 unspecified atom stereocenters. The average Bonchev–Trinajstić information content (AvgIpc) is 2.45. The fraction of sp³-hybridized carbons (Fsp3) is 0.385. The molecule has 0 bridgehead atoms. The second-order valence-corrected chi connectivity index (χ2v) is 4.64. The third kappa shape index (κ3) is 6.08. The number of carbonyl (C=O) groups is 1. The van der Waals surface area contributed by atoms with Crippen molar-refractivity contribution in [1.29, 1.82) is 0 Å². The van der Waals surface area contributed by atoms with E-state index in [1.807, 2.05) is 0 Å². The Kier molecular flexibility index (Phi) is 6.59. The van der Waals surface area contributed by atoms with Gasteiger partial charge in [0.15, 0.2) is 0 Å². The maximum Gasteiger partial charge on any atom is 0.302 e. The van der Waals surface area contributed by atoms with E-state index in [0.717, 1.165) is 12.1 Å². The monoisotopic (exact) mass is 324 g/mol. The molecule has 0 amide bonds. The van der Waals surface area contributed by atoms with Crippen molar-refractivity contribution >= 4 is 29.2 Å². The molecule has 1 rings (SSSR count). The van der Waals surface area contributed by atoms with Gasteiger partial charge in [-0.2, -0.15) is 5.10 Å². The Hall–Kier alpha value is -3.04. The molecule has 10 heteroatoms. The molecule has 0 aromatic heterocycles. The van der Waals surface area contributed by atoms with Gasteiger partial charge in [-0.25, -0.2) is 0 Å². The van der Waals surface area contributed by atoms with E-state index in [4.69, 9.17) is 4.74 Å². The molecule has 1 aromatic rings. The molecule has 10 nitrogen and oxygen atoms in total. The SMILES string of the molecule is CC(=O)OC(C)CC/C=N/Nc1ccc([N+](=O)[O-])cc1[N+](=O)[O-]. The average molecular weight is 324 g/mol. The molecule has 1 aromatic carbocycles. The van der Waals surface area contributed by atoms with Crippen LogP contribution in [0.15, 0.2) is 23.3 Å². The van der Waals surface area contributed by atoms with Crippen LogP contribution in [-0.4, -0.2) is 28.1 Å². The van der Waals surface area contributed by atoms with Crippen LogP contribution in [0, 0.1) is 20.2 Å². The number of non-ortho nitro benzene ring substituents is 1. The molecular weight excluding hydrogens is 308 g/mol. The van der Waals surface area contributed by atoms with E-state index in [-0.39, 0.29) is 23.4 Å². The molecule has 0 aliphatic rings. The van der Waals surface area contributed by atoms with Crippen molar-refractivity contribution in [2.24, 2.45) is 5.10 Å². The van der Waals surface area contributed by atoms with E-state index >= 15 is 0 Å². The summed E-state index contributed by atoms with van der Waals surface area (Å²) in [5.74, 6) is -0.367. The lowest BCUT2D eigenvalue weighted by Gasteiger charge is -2.09. The minimum Gasteiger partial charge on any atom is -0.463 e. The summed E-state index contributed by atoms with van der Waals surface area (Å²) in [7, 11) is 0. The molecule has 23 heavy (non-hydrogen) atoms. The maximum atomic E-state index is 10.9. The lowest BCUT2D eigenvalue weighted by Crippen LogP contribution is -2.12. The van der Waals surface area contributed by atoms with Gasteiger partial charge in [0.25, 0.3) is 5.69 Å². The number of hydrogen-bond donors (Lipinski definition) is 1. The van der Waals surface area contributed by atoms with Crippen LogP contribution in [0.2, 0.25) is 0 Å². The number of hydrazone groups is 1. The quantitative estimate of drug-likeness (QED) is 0.336. The second kappa shape index (κ2) is 8.41. The molecule has 0 fully saturated rings. The standard InChI is InChI=1S/C13H16N4O6/c1-9(23-10(2)18)4-3-7-14-15-12-6-5-11(16(19)20)8-13(12)17(21)22/h5-9,15H,3-4H2,1-2H3/b14-7+. The number of carbonyl (C=O) groups excluding carboxylic acids is 1. The highest BCUT2D eigenvalue weighted by Gasteiger charge is 2.18. The minimum absolute atomic E-state index is 0.0462. The topological polar surface area (TPSA) is 137 Å². The molecule has 124 valence electrons. The maximum absolute atomic E-state index is 10.9. The number of ether oxygens (including phenoxy) is 1. The number of esters is 1. The Morgan fingerprint density at radius 3 is 2.65 bits per heavy atom. The summed E-state index contributed by atoms with van der Waals surface area (Å²) < 4.78 is 4.93. The lowest BCUT2D eigenvalue weighted by molar-refractivity contribution is -0.393. The number of nitrogens with one attached hydrogen (secondary N) is 1. The molecule has 0 saturated heterocycles. The summed E-state index contributed by atoms with van der Waals surface area (Å²) in [6.07, 6.45) is 2.26. The first-order valence-electron chi connectivity index (χ1n) is 6.69. The fourth-order valence-electron chi connectivity index (χ4n) is 1.71. The van der Waals surface area contributed by atoms with Crippen molar-refractivity contribution in [3.05, 3.63) is 38.4 Å². The number of rotatable bonds is 8. The van der Waals surface area contributed by atoms with Crippen molar-refractivity contribution in [3.63, 3.8) is 0 Å². The summed E-state index contributed by atoms with van der Waals surface area (Å²) in [5, 5.41) is 25.4. The van der Waals surface area contributed by atoms with Crippen LogP contribution in [0.25, 0.3) is 0 Å². The number of anilines is 1. The highest BCUT2D eigenvalue weighted by atomic mass is 16.6. The normalized spacial score (nSPS) is 11.9. The number of nitro benzene ring substituents is 2. The zero-order valence-corrected chi connectivity index (χ0v) is 12.6. The Morgan fingerprint density at radius 2 is 2.09 bits per heavy atom. The van der Waals surface area contributed by atoms with Crippen LogP contribution in [0.5, 0.6) is 0 Å². The van der Waals surface area contributed by atoms with Gasteiger partial charge in [-0.15, -0.1) is 0 Å². The van der Waals surface area contributed by atoms with Crippen LogP contribution >= 0.6 is 0 Å². The van der Waals surface area contributed by atoms with Gasteiger partial charge in [-0.3, -0.25) is 30.4 Å². The fourth-order valence-corrected chi connectivity index (χ4v) is 1.71. The smallest absolute Gasteiger partial charge is 0.302 e. The first kappa shape index (κ1) is 18.0. The van der Waals surface area contributed by atoms with E-state index in [9.17, 15) is 25.0 Å². The van der Waals surface area contributed by atoms with Crippen molar-refractivity contribution < 1.29 is 19.4 Å². The predicted octanol–water partition coefficient (Wildman–Crippen LogP) is 2.63. The van der Waals surface area contributed by atoms with Crippen molar-refractivity contribution in [3.8, 4) is 0 Å². The molecule has 0 aliphatic heterocycles. The zero-order chi connectivity index (χ0) is 17.4. The second-order valence-electron chi connectivity index (χ2n) is 4.64. The van der Waals surface area contributed by atoms with Crippen LogP contribution in [0.4, 0.5) is 17.1 Å². The molecule has 0 radical (unpaired) electrons. The minimum atomic E-state index is -0.729. The van der Waals surface area contributed by atoms with Crippen LogP contribution in [-0.2, 0) is 9.53 Å². The van der Waals surface area contributed by atoms with E-state index in [2.05, 4.69) is 10.5 Å². The van der Waals surface area contributed by atoms with Gasteiger partial charge in [0.1, 0.15) is 5.69 Å². The number of nitro groups is 2. The van der Waals surface area contributed by atoms with Crippen LogP contribution < -0.4 is 5.43 Å².